The molecular weight excluding hydrogens is 665 g/mol. The van der Waals surface area contributed by atoms with Crippen molar-refractivity contribution in [3.63, 3.8) is 0 Å². The van der Waals surface area contributed by atoms with E-state index in [4.69, 9.17) is 34.8 Å². The fraction of sp³-hybridized carbons (Fsp3) is 0.257. The van der Waals surface area contributed by atoms with Crippen molar-refractivity contribution >= 4 is 62.3 Å². The van der Waals surface area contributed by atoms with E-state index in [1.807, 2.05) is 44.2 Å². The molecule has 0 aliphatic rings. The molecule has 0 spiro atoms. The quantitative estimate of drug-likeness (QED) is 0.156. The van der Waals surface area contributed by atoms with Crippen LogP contribution in [0.3, 0.4) is 0 Å². The number of rotatable bonds is 13. The second-order valence-corrected chi connectivity index (χ2v) is 14.1. The van der Waals surface area contributed by atoms with Gasteiger partial charge in [0.1, 0.15) is 12.6 Å². The Morgan fingerprint density at radius 3 is 2.20 bits per heavy atom. The van der Waals surface area contributed by atoms with Crippen LogP contribution in [0.5, 0.6) is 0 Å². The average molecular weight is 701 g/mol. The van der Waals surface area contributed by atoms with Crippen LogP contribution < -0.4 is 9.62 Å². The SMILES string of the molecule is CCCNC(=O)C(Cc1ccccc1)N(Cc1ccc(Cl)cc1Cl)C(=O)CN(c1cccc(Cl)c1C)S(=O)(=O)c1ccc(C)cc1. The summed E-state index contributed by atoms with van der Waals surface area (Å²) >= 11 is 19.2. The molecule has 0 aliphatic heterocycles. The number of anilines is 1. The Bertz CT molecular complexity index is 1790. The van der Waals surface area contributed by atoms with Crippen molar-refractivity contribution in [2.24, 2.45) is 0 Å². The van der Waals surface area contributed by atoms with E-state index in [9.17, 15) is 18.0 Å². The highest BCUT2D eigenvalue weighted by atomic mass is 35.5. The number of hydrogen-bond donors (Lipinski definition) is 1. The molecule has 0 fully saturated rings. The standard InChI is InChI=1S/C35H36Cl3N3O4S/c1-4-19-39-35(43)33(20-26-9-6-5-7-10-26)40(22-27-15-16-28(36)21-31(27)38)34(42)23-41(32-12-8-11-30(37)25(32)3)46(44,45)29-17-13-24(2)14-18-29/h5-18,21,33H,4,19-20,22-23H2,1-3H3,(H,39,43). The maximum absolute atomic E-state index is 14.6. The van der Waals surface area contributed by atoms with E-state index in [-0.39, 0.29) is 29.5 Å². The Labute approximate surface area is 286 Å². The number of halogens is 3. The topological polar surface area (TPSA) is 86.8 Å². The summed E-state index contributed by atoms with van der Waals surface area (Å²) in [6, 6.07) is 24.5. The van der Waals surface area contributed by atoms with Crippen LogP contribution in [0.1, 0.15) is 35.6 Å². The van der Waals surface area contributed by atoms with Gasteiger partial charge in [0.2, 0.25) is 11.8 Å². The molecule has 46 heavy (non-hydrogen) atoms. The molecule has 7 nitrogen and oxygen atoms in total. The van der Waals surface area contributed by atoms with Crippen molar-refractivity contribution in [1.82, 2.24) is 10.2 Å². The number of carbonyl (C=O) groups excluding carboxylic acids is 2. The summed E-state index contributed by atoms with van der Waals surface area (Å²) in [5.74, 6) is -0.968. The highest BCUT2D eigenvalue weighted by molar-refractivity contribution is 7.92. The third-order valence-electron chi connectivity index (χ3n) is 7.57. The van der Waals surface area contributed by atoms with Crippen LogP contribution in [0.25, 0.3) is 0 Å². The van der Waals surface area contributed by atoms with Gasteiger partial charge in [0.05, 0.1) is 10.6 Å². The largest absolute Gasteiger partial charge is 0.354 e. The first-order valence-corrected chi connectivity index (χ1v) is 17.4. The Morgan fingerprint density at radius 2 is 1.54 bits per heavy atom. The maximum atomic E-state index is 14.6. The van der Waals surface area contributed by atoms with Crippen LogP contribution in [-0.2, 0) is 32.6 Å². The number of sulfonamides is 1. The summed E-state index contributed by atoms with van der Waals surface area (Å²) < 4.78 is 29.6. The van der Waals surface area contributed by atoms with Gasteiger partial charge in [0.25, 0.3) is 10.0 Å². The third kappa shape index (κ3) is 8.62. The molecular formula is C35H36Cl3N3O4S. The van der Waals surface area contributed by atoms with Crippen molar-refractivity contribution in [3.8, 4) is 0 Å². The first-order chi connectivity index (χ1) is 21.9. The van der Waals surface area contributed by atoms with Gasteiger partial charge in [-0.2, -0.15) is 0 Å². The van der Waals surface area contributed by atoms with Gasteiger partial charge in [0, 0.05) is 34.6 Å². The zero-order chi connectivity index (χ0) is 33.4. The zero-order valence-corrected chi connectivity index (χ0v) is 28.9. The van der Waals surface area contributed by atoms with Crippen molar-refractivity contribution in [3.05, 3.63) is 128 Å². The summed E-state index contributed by atoms with van der Waals surface area (Å²) in [5.41, 5.74) is 3.00. The second kappa shape index (κ2) is 15.8. The number of benzene rings is 4. The number of hydrogen-bond acceptors (Lipinski definition) is 4. The van der Waals surface area contributed by atoms with E-state index in [1.165, 1.54) is 17.0 Å². The van der Waals surface area contributed by atoms with Crippen LogP contribution >= 0.6 is 34.8 Å². The highest BCUT2D eigenvalue weighted by Gasteiger charge is 2.35. The molecule has 4 aromatic carbocycles. The Kier molecular flexibility index (Phi) is 12.1. The monoisotopic (exact) mass is 699 g/mol. The minimum absolute atomic E-state index is 0.0131. The molecule has 1 atom stereocenters. The second-order valence-electron chi connectivity index (χ2n) is 11.0. The number of amides is 2. The normalized spacial score (nSPS) is 12.0. The molecule has 0 radical (unpaired) electrons. The molecule has 0 aliphatic carbocycles. The number of aryl methyl sites for hydroxylation is 1. The molecule has 0 saturated carbocycles. The van der Waals surface area contributed by atoms with E-state index < -0.39 is 28.5 Å². The number of nitrogens with one attached hydrogen (secondary N) is 1. The first kappa shape index (κ1) is 35.3. The molecule has 1 unspecified atom stereocenters. The highest BCUT2D eigenvalue weighted by Crippen LogP contribution is 2.32. The lowest BCUT2D eigenvalue weighted by Crippen LogP contribution is -2.53. The van der Waals surface area contributed by atoms with E-state index in [0.29, 0.717) is 39.2 Å². The van der Waals surface area contributed by atoms with Gasteiger partial charge in [-0.25, -0.2) is 8.42 Å². The Morgan fingerprint density at radius 1 is 0.848 bits per heavy atom. The van der Waals surface area contributed by atoms with E-state index in [2.05, 4.69) is 5.32 Å². The molecule has 11 heteroatoms. The van der Waals surface area contributed by atoms with Crippen molar-refractivity contribution in [2.75, 3.05) is 17.4 Å². The zero-order valence-electron chi connectivity index (χ0n) is 25.8. The number of carbonyl (C=O) groups is 2. The molecule has 242 valence electrons. The molecule has 2 amide bonds. The van der Waals surface area contributed by atoms with Gasteiger partial charge in [-0.1, -0.05) is 102 Å². The minimum atomic E-state index is -4.26. The van der Waals surface area contributed by atoms with Crippen molar-refractivity contribution in [1.29, 1.82) is 0 Å². The van der Waals surface area contributed by atoms with Gasteiger partial charge in [-0.3, -0.25) is 13.9 Å². The van der Waals surface area contributed by atoms with Gasteiger partial charge in [0.15, 0.2) is 0 Å². The van der Waals surface area contributed by atoms with Gasteiger partial charge < -0.3 is 10.2 Å². The fourth-order valence-corrected chi connectivity index (χ4v) is 7.08. The number of nitrogens with zero attached hydrogens (tertiary/aromatic N) is 2. The molecule has 4 aromatic rings. The predicted molar refractivity (Wildman–Crippen MR) is 186 cm³/mol. The van der Waals surface area contributed by atoms with Crippen LogP contribution in [0, 0.1) is 13.8 Å². The van der Waals surface area contributed by atoms with Gasteiger partial charge in [-0.05, 0) is 73.4 Å². The average Bonchev–Trinajstić information content (AvgIpc) is 3.03. The van der Waals surface area contributed by atoms with E-state index in [0.717, 1.165) is 15.4 Å². The fourth-order valence-electron chi connectivity index (χ4n) is 4.97. The van der Waals surface area contributed by atoms with Crippen LogP contribution in [0.15, 0.2) is 95.9 Å². The molecule has 4 rings (SSSR count). The summed E-state index contributed by atoms with van der Waals surface area (Å²) in [5, 5.41) is 4.00. The van der Waals surface area contributed by atoms with Crippen molar-refractivity contribution in [2.45, 2.75) is 51.1 Å². The van der Waals surface area contributed by atoms with E-state index >= 15 is 0 Å². The Hall–Kier alpha value is -3.56. The molecule has 0 bridgehead atoms. The summed E-state index contributed by atoms with van der Waals surface area (Å²) in [4.78, 5) is 29.8. The van der Waals surface area contributed by atoms with Gasteiger partial charge in [-0.15, -0.1) is 0 Å². The Balaban J connectivity index is 1.85. The minimum Gasteiger partial charge on any atom is -0.354 e. The van der Waals surface area contributed by atoms with Crippen LogP contribution in [0.2, 0.25) is 15.1 Å². The van der Waals surface area contributed by atoms with E-state index in [1.54, 1.807) is 55.5 Å². The maximum Gasteiger partial charge on any atom is 0.264 e. The predicted octanol–water partition coefficient (Wildman–Crippen LogP) is 7.63. The lowest BCUT2D eigenvalue weighted by molar-refractivity contribution is -0.140. The molecule has 0 aromatic heterocycles. The summed E-state index contributed by atoms with van der Waals surface area (Å²) in [7, 11) is -4.26. The lowest BCUT2D eigenvalue weighted by atomic mass is 10.0. The first-order valence-electron chi connectivity index (χ1n) is 14.8. The lowest BCUT2D eigenvalue weighted by Gasteiger charge is -2.34. The third-order valence-corrected chi connectivity index (χ3v) is 10.3. The summed E-state index contributed by atoms with van der Waals surface area (Å²) in [6.45, 7) is 5.22. The molecule has 1 N–H and O–H groups in total. The van der Waals surface area contributed by atoms with Crippen molar-refractivity contribution < 1.29 is 18.0 Å². The van der Waals surface area contributed by atoms with Gasteiger partial charge >= 0.3 is 0 Å². The molecule has 0 saturated heterocycles. The van der Waals surface area contributed by atoms with Crippen LogP contribution in [0.4, 0.5) is 5.69 Å². The van der Waals surface area contributed by atoms with Crippen LogP contribution in [-0.4, -0.2) is 44.3 Å². The smallest absolute Gasteiger partial charge is 0.264 e. The molecule has 0 heterocycles. The summed E-state index contributed by atoms with van der Waals surface area (Å²) in [6.07, 6.45) is 0.881.